The van der Waals surface area contributed by atoms with Crippen LogP contribution in [-0.4, -0.2) is 30.1 Å². The van der Waals surface area contributed by atoms with E-state index >= 15 is 0 Å². The van der Waals surface area contributed by atoms with Crippen LogP contribution in [0.15, 0.2) is 53.4 Å². The van der Waals surface area contributed by atoms with Gasteiger partial charge in [-0.2, -0.15) is 5.10 Å². The Kier molecular flexibility index (Phi) is 6.23. The molecular weight excluding hydrogens is 450 g/mol. The molecule has 1 saturated carbocycles. The number of sulfonamides is 1. The van der Waals surface area contributed by atoms with Gasteiger partial charge in [0.25, 0.3) is 0 Å². The normalized spacial score (nSPS) is 13.7. The summed E-state index contributed by atoms with van der Waals surface area (Å²) in [5.41, 5.74) is 9.40. The number of aryl methyl sites for hydroxylation is 1. The maximum absolute atomic E-state index is 12.5. The summed E-state index contributed by atoms with van der Waals surface area (Å²) in [4.78, 5) is 12.7. The van der Waals surface area contributed by atoms with Crippen molar-refractivity contribution in [1.29, 1.82) is 0 Å². The SMILES string of the molecule is Cc1nn(-c2ccc(Cl)cc2)c(C)c1CC(=O)NNc1ccc(S(=O)(=O)NC2CC2)cc1. The molecule has 0 unspecified atom stereocenters. The zero-order valence-corrected chi connectivity index (χ0v) is 19.3. The molecule has 3 N–H and O–H groups in total. The molecule has 1 aliphatic carbocycles. The Morgan fingerprint density at radius 3 is 2.38 bits per heavy atom. The molecule has 10 heteroatoms. The number of halogens is 1. The number of benzene rings is 2. The minimum atomic E-state index is -3.50. The molecule has 1 fully saturated rings. The second-order valence-corrected chi connectivity index (χ2v) is 9.96. The summed E-state index contributed by atoms with van der Waals surface area (Å²) in [6.07, 6.45) is 1.90. The summed E-state index contributed by atoms with van der Waals surface area (Å²) < 4.78 is 28.9. The Balaban J connectivity index is 1.37. The zero-order chi connectivity index (χ0) is 22.9. The Hall–Kier alpha value is -2.88. The summed E-state index contributed by atoms with van der Waals surface area (Å²) in [6.45, 7) is 3.78. The molecule has 0 saturated heterocycles. The maximum atomic E-state index is 12.5. The Bertz CT molecular complexity index is 1230. The molecule has 1 aromatic heterocycles. The van der Waals surface area contributed by atoms with E-state index in [1.807, 2.05) is 26.0 Å². The highest BCUT2D eigenvalue weighted by Gasteiger charge is 2.27. The lowest BCUT2D eigenvalue weighted by Gasteiger charge is -2.10. The smallest absolute Gasteiger partial charge is 0.242 e. The number of hydrazine groups is 1. The first-order valence-electron chi connectivity index (χ1n) is 10.2. The van der Waals surface area contributed by atoms with Crippen molar-refractivity contribution in [2.75, 3.05) is 5.43 Å². The van der Waals surface area contributed by atoms with Crippen LogP contribution in [0.5, 0.6) is 0 Å². The van der Waals surface area contributed by atoms with E-state index in [9.17, 15) is 13.2 Å². The molecule has 2 aromatic carbocycles. The van der Waals surface area contributed by atoms with Crippen LogP contribution in [-0.2, 0) is 21.2 Å². The molecule has 32 heavy (non-hydrogen) atoms. The molecule has 1 aliphatic rings. The van der Waals surface area contributed by atoms with Crippen LogP contribution in [0, 0.1) is 13.8 Å². The Labute approximate surface area is 192 Å². The number of hydrogen-bond donors (Lipinski definition) is 3. The lowest BCUT2D eigenvalue weighted by molar-refractivity contribution is -0.119. The number of carbonyl (C=O) groups is 1. The predicted octanol–water partition coefficient (Wildman–Crippen LogP) is 3.27. The molecular formula is C22H24ClN5O3S. The van der Waals surface area contributed by atoms with E-state index in [-0.39, 0.29) is 23.3 Å². The quantitative estimate of drug-likeness (QED) is 0.435. The molecule has 0 atom stereocenters. The number of aromatic nitrogens is 2. The first-order valence-corrected chi connectivity index (χ1v) is 12.1. The first kappa shape index (κ1) is 22.3. The second-order valence-electron chi connectivity index (χ2n) is 7.81. The van der Waals surface area contributed by atoms with Crippen LogP contribution < -0.4 is 15.6 Å². The van der Waals surface area contributed by atoms with Crippen LogP contribution in [0.4, 0.5) is 5.69 Å². The molecule has 0 bridgehead atoms. The van der Waals surface area contributed by atoms with Crippen LogP contribution in [0.3, 0.4) is 0 Å². The summed E-state index contributed by atoms with van der Waals surface area (Å²) in [5.74, 6) is -0.237. The van der Waals surface area contributed by atoms with Crippen LogP contribution in [0.25, 0.3) is 5.69 Å². The molecule has 0 spiro atoms. The van der Waals surface area contributed by atoms with Gasteiger partial charge in [-0.25, -0.2) is 17.8 Å². The van der Waals surface area contributed by atoms with Crippen molar-refractivity contribution in [3.63, 3.8) is 0 Å². The van der Waals surface area contributed by atoms with Gasteiger partial charge in [0.1, 0.15) is 0 Å². The van der Waals surface area contributed by atoms with Crippen molar-refractivity contribution in [2.24, 2.45) is 0 Å². The third-order valence-corrected chi connectivity index (χ3v) is 7.05. The minimum Gasteiger partial charge on any atom is -0.299 e. The summed E-state index contributed by atoms with van der Waals surface area (Å²) in [5, 5.41) is 5.19. The van der Waals surface area contributed by atoms with Gasteiger partial charge < -0.3 is 0 Å². The van der Waals surface area contributed by atoms with Crippen LogP contribution in [0.1, 0.15) is 29.8 Å². The fraction of sp³-hybridized carbons (Fsp3) is 0.273. The fourth-order valence-corrected chi connectivity index (χ4v) is 4.75. The van der Waals surface area contributed by atoms with Gasteiger partial charge in [-0.15, -0.1) is 0 Å². The topological polar surface area (TPSA) is 105 Å². The predicted molar refractivity (Wildman–Crippen MR) is 123 cm³/mol. The van der Waals surface area contributed by atoms with Gasteiger partial charge in [0.15, 0.2) is 0 Å². The van der Waals surface area contributed by atoms with Crippen molar-refractivity contribution in [1.82, 2.24) is 19.9 Å². The first-order chi connectivity index (χ1) is 15.2. The summed E-state index contributed by atoms with van der Waals surface area (Å²) >= 11 is 5.96. The minimum absolute atomic E-state index is 0.0491. The van der Waals surface area contributed by atoms with E-state index in [0.717, 1.165) is 35.5 Å². The van der Waals surface area contributed by atoms with Crippen molar-refractivity contribution in [2.45, 2.75) is 44.0 Å². The van der Waals surface area contributed by atoms with Gasteiger partial charge >= 0.3 is 0 Å². The molecule has 1 amide bonds. The van der Waals surface area contributed by atoms with Crippen LogP contribution in [0.2, 0.25) is 5.02 Å². The van der Waals surface area contributed by atoms with Gasteiger partial charge in [-0.05, 0) is 75.2 Å². The van der Waals surface area contributed by atoms with E-state index in [1.54, 1.807) is 28.9 Å². The number of anilines is 1. The largest absolute Gasteiger partial charge is 0.299 e. The maximum Gasteiger partial charge on any atom is 0.242 e. The zero-order valence-electron chi connectivity index (χ0n) is 17.7. The third-order valence-electron chi connectivity index (χ3n) is 5.26. The highest BCUT2D eigenvalue weighted by Crippen LogP contribution is 2.23. The number of carbonyl (C=O) groups excluding carboxylic acids is 1. The van der Waals surface area contributed by atoms with Gasteiger partial charge in [0.2, 0.25) is 15.9 Å². The number of nitrogens with zero attached hydrogens (tertiary/aromatic N) is 2. The average molecular weight is 474 g/mol. The van der Waals surface area contributed by atoms with E-state index in [1.165, 1.54) is 12.1 Å². The fourth-order valence-electron chi connectivity index (χ4n) is 3.32. The lowest BCUT2D eigenvalue weighted by atomic mass is 10.1. The lowest BCUT2D eigenvalue weighted by Crippen LogP contribution is -2.31. The Morgan fingerprint density at radius 1 is 1.09 bits per heavy atom. The third kappa shape index (κ3) is 5.12. The second kappa shape index (κ2) is 8.93. The van der Waals surface area contributed by atoms with Crippen molar-refractivity contribution in [3.8, 4) is 5.69 Å². The van der Waals surface area contributed by atoms with E-state index in [4.69, 9.17) is 11.6 Å². The highest BCUT2D eigenvalue weighted by molar-refractivity contribution is 7.89. The van der Waals surface area contributed by atoms with Gasteiger partial charge in [0.05, 0.1) is 28.4 Å². The number of amides is 1. The highest BCUT2D eigenvalue weighted by atomic mass is 35.5. The van der Waals surface area contributed by atoms with E-state index < -0.39 is 10.0 Å². The molecule has 4 rings (SSSR count). The van der Waals surface area contributed by atoms with Gasteiger partial charge in [0, 0.05) is 22.3 Å². The van der Waals surface area contributed by atoms with Crippen molar-refractivity contribution >= 4 is 33.2 Å². The molecule has 3 aromatic rings. The molecule has 8 nitrogen and oxygen atoms in total. The average Bonchev–Trinajstić information content (AvgIpc) is 3.53. The van der Waals surface area contributed by atoms with Crippen molar-refractivity contribution < 1.29 is 13.2 Å². The van der Waals surface area contributed by atoms with E-state index in [2.05, 4.69) is 20.7 Å². The van der Waals surface area contributed by atoms with Gasteiger partial charge in [-0.1, -0.05) is 11.6 Å². The standard InChI is InChI=1S/C22H24ClN5O3S/c1-14-21(15(2)28(26-14)19-9-3-16(23)4-10-19)13-22(29)25-24-17-7-11-20(12-8-17)32(30,31)27-18-5-6-18/h3-4,7-12,18,24,27H,5-6,13H2,1-2H3,(H,25,29). The Morgan fingerprint density at radius 2 is 1.75 bits per heavy atom. The molecule has 1 heterocycles. The molecule has 168 valence electrons. The number of rotatable bonds is 8. The van der Waals surface area contributed by atoms with Gasteiger partial charge in [-0.3, -0.25) is 15.6 Å². The molecule has 0 aliphatic heterocycles. The number of nitrogens with one attached hydrogen (secondary N) is 3. The monoisotopic (exact) mass is 473 g/mol. The summed E-state index contributed by atoms with van der Waals surface area (Å²) in [6, 6.07) is 13.6. The number of hydrogen-bond acceptors (Lipinski definition) is 5. The molecule has 0 radical (unpaired) electrons. The summed E-state index contributed by atoms with van der Waals surface area (Å²) in [7, 11) is -3.50. The van der Waals surface area contributed by atoms with E-state index in [0.29, 0.717) is 10.7 Å². The van der Waals surface area contributed by atoms with Crippen LogP contribution >= 0.6 is 11.6 Å². The van der Waals surface area contributed by atoms with Crippen molar-refractivity contribution in [3.05, 3.63) is 70.5 Å².